The van der Waals surface area contributed by atoms with Crippen LogP contribution < -0.4 is 5.32 Å². The highest BCUT2D eigenvalue weighted by Crippen LogP contribution is 2.31. The minimum absolute atomic E-state index is 0.0101. The van der Waals surface area contributed by atoms with E-state index in [9.17, 15) is 10.1 Å². The van der Waals surface area contributed by atoms with Crippen LogP contribution in [0.2, 0.25) is 0 Å². The third-order valence-corrected chi connectivity index (χ3v) is 5.84. The molecule has 3 rings (SSSR count). The fourth-order valence-corrected chi connectivity index (χ4v) is 3.47. The van der Waals surface area contributed by atoms with Gasteiger partial charge in [-0.25, -0.2) is 9.97 Å². The Kier molecular flexibility index (Phi) is 5.71. The first-order valence-corrected chi connectivity index (χ1v) is 9.92. The SMILES string of the molecule is CC(C)[C@@](C)(C#N)NC(=O)[C@@H](C)Sc1nc(-c2ccco2)nc2ccccc12. The predicted molar refractivity (Wildman–Crippen MR) is 110 cm³/mol. The maximum Gasteiger partial charge on any atom is 0.234 e. The molecule has 2 atom stereocenters. The summed E-state index contributed by atoms with van der Waals surface area (Å²) < 4.78 is 5.43. The number of hydrogen-bond donors (Lipinski definition) is 1. The van der Waals surface area contributed by atoms with Gasteiger partial charge >= 0.3 is 0 Å². The molecule has 6 nitrogen and oxygen atoms in total. The van der Waals surface area contributed by atoms with E-state index in [1.165, 1.54) is 11.8 Å². The monoisotopic (exact) mass is 394 g/mol. The Morgan fingerprint density at radius 3 is 2.61 bits per heavy atom. The van der Waals surface area contributed by atoms with E-state index in [1.807, 2.05) is 45.0 Å². The quantitative estimate of drug-likeness (QED) is 0.491. The van der Waals surface area contributed by atoms with Crippen LogP contribution >= 0.6 is 11.8 Å². The minimum Gasteiger partial charge on any atom is -0.461 e. The number of nitriles is 1. The van der Waals surface area contributed by atoms with Gasteiger partial charge in [0.15, 0.2) is 11.6 Å². The molecule has 0 bridgehead atoms. The summed E-state index contributed by atoms with van der Waals surface area (Å²) >= 11 is 1.34. The zero-order valence-electron chi connectivity index (χ0n) is 16.3. The number of fused-ring (bicyclic) bond motifs is 1. The van der Waals surface area contributed by atoms with Gasteiger partial charge in [0, 0.05) is 5.39 Å². The lowest BCUT2D eigenvalue weighted by Crippen LogP contribution is -2.51. The number of aromatic nitrogens is 2. The van der Waals surface area contributed by atoms with Crippen LogP contribution in [0.25, 0.3) is 22.5 Å². The van der Waals surface area contributed by atoms with Crippen LogP contribution in [0.4, 0.5) is 0 Å². The molecule has 0 saturated carbocycles. The number of carbonyl (C=O) groups is 1. The first kappa shape index (κ1) is 19.9. The molecule has 0 aliphatic heterocycles. The summed E-state index contributed by atoms with van der Waals surface area (Å²) in [6, 6.07) is 13.5. The van der Waals surface area contributed by atoms with Gasteiger partial charge in [-0.2, -0.15) is 5.26 Å². The van der Waals surface area contributed by atoms with E-state index in [4.69, 9.17) is 4.42 Å². The Morgan fingerprint density at radius 1 is 1.21 bits per heavy atom. The van der Waals surface area contributed by atoms with Gasteiger partial charge in [0.1, 0.15) is 10.6 Å². The highest BCUT2D eigenvalue weighted by Gasteiger charge is 2.32. The number of nitrogens with zero attached hydrogens (tertiary/aromatic N) is 3. The van der Waals surface area contributed by atoms with Gasteiger partial charge in [-0.1, -0.05) is 43.8 Å². The standard InChI is InChI=1S/C21H22N4O2S/c1-13(2)21(4,12-22)25-19(26)14(3)28-20-15-8-5-6-9-16(15)23-18(24-20)17-10-7-11-27-17/h5-11,13-14H,1-4H3,(H,25,26)/t14-,21-/m1/s1. The molecule has 0 fully saturated rings. The lowest BCUT2D eigenvalue weighted by atomic mass is 9.90. The summed E-state index contributed by atoms with van der Waals surface area (Å²) in [5.74, 6) is 0.832. The molecule has 0 aliphatic carbocycles. The molecule has 1 N–H and O–H groups in total. The highest BCUT2D eigenvalue weighted by atomic mass is 32.2. The average molecular weight is 395 g/mol. The third-order valence-electron chi connectivity index (χ3n) is 4.74. The highest BCUT2D eigenvalue weighted by molar-refractivity contribution is 8.00. The molecule has 1 aromatic carbocycles. The van der Waals surface area contributed by atoms with Crippen molar-refractivity contribution in [2.45, 2.75) is 43.5 Å². The van der Waals surface area contributed by atoms with E-state index in [2.05, 4.69) is 21.4 Å². The van der Waals surface area contributed by atoms with E-state index < -0.39 is 10.8 Å². The van der Waals surface area contributed by atoms with Crippen LogP contribution in [0.1, 0.15) is 27.7 Å². The molecule has 0 saturated heterocycles. The van der Waals surface area contributed by atoms with E-state index >= 15 is 0 Å². The lowest BCUT2D eigenvalue weighted by molar-refractivity contribution is -0.121. The zero-order valence-corrected chi connectivity index (χ0v) is 17.1. The Labute approximate surface area is 168 Å². The Balaban J connectivity index is 1.91. The molecule has 0 unspecified atom stereocenters. The average Bonchev–Trinajstić information content (AvgIpc) is 3.22. The first-order chi connectivity index (χ1) is 13.3. The summed E-state index contributed by atoms with van der Waals surface area (Å²) in [5, 5.41) is 13.5. The fourth-order valence-electron chi connectivity index (χ4n) is 2.53. The number of benzene rings is 1. The second-order valence-electron chi connectivity index (χ2n) is 7.07. The number of rotatable bonds is 6. The summed E-state index contributed by atoms with van der Waals surface area (Å²) in [6.07, 6.45) is 1.57. The Hall–Kier alpha value is -2.85. The van der Waals surface area contributed by atoms with E-state index in [-0.39, 0.29) is 11.8 Å². The molecule has 2 aromatic heterocycles. The number of furan rings is 1. The maximum absolute atomic E-state index is 12.7. The van der Waals surface area contributed by atoms with Gasteiger partial charge in [0.2, 0.25) is 5.91 Å². The third kappa shape index (κ3) is 4.02. The Bertz CT molecular complexity index is 1030. The fraction of sp³-hybridized carbons (Fsp3) is 0.333. The second-order valence-corrected chi connectivity index (χ2v) is 8.39. The van der Waals surface area contributed by atoms with Crippen molar-refractivity contribution in [1.82, 2.24) is 15.3 Å². The van der Waals surface area contributed by atoms with Gasteiger partial charge in [-0.15, -0.1) is 0 Å². The van der Waals surface area contributed by atoms with Gasteiger partial charge < -0.3 is 9.73 Å². The minimum atomic E-state index is -0.918. The maximum atomic E-state index is 12.7. The van der Waals surface area contributed by atoms with Crippen LogP contribution in [0.3, 0.4) is 0 Å². The molecule has 7 heteroatoms. The Morgan fingerprint density at radius 2 is 1.96 bits per heavy atom. The molecule has 2 heterocycles. The van der Waals surface area contributed by atoms with Gasteiger partial charge in [-0.3, -0.25) is 4.79 Å². The van der Waals surface area contributed by atoms with E-state index in [1.54, 1.807) is 25.3 Å². The summed E-state index contributed by atoms with van der Waals surface area (Å²) in [5.41, 5.74) is -0.137. The lowest BCUT2D eigenvalue weighted by Gasteiger charge is -2.28. The van der Waals surface area contributed by atoms with Crippen molar-refractivity contribution in [1.29, 1.82) is 5.26 Å². The van der Waals surface area contributed by atoms with Crippen LogP contribution in [-0.2, 0) is 4.79 Å². The van der Waals surface area contributed by atoms with E-state index in [0.29, 0.717) is 16.6 Å². The molecule has 1 amide bonds. The van der Waals surface area contributed by atoms with Crippen molar-refractivity contribution in [2.24, 2.45) is 5.92 Å². The molecular weight excluding hydrogens is 372 g/mol. The number of hydrogen-bond acceptors (Lipinski definition) is 6. The normalized spacial score (nSPS) is 14.4. The van der Waals surface area contributed by atoms with Crippen molar-refractivity contribution >= 4 is 28.6 Å². The van der Waals surface area contributed by atoms with Crippen LogP contribution in [0, 0.1) is 17.2 Å². The smallest absolute Gasteiger partial charge is 0.234 e. The molecule has 28 heavy (non-hydrogen) atoms. The molecule has 144 valence electrons. The van der Waals surface area contributed by atoms with Crippen LogP contribution in [0.15, 0.2) is 52.1 Å². The number of nitrogens with one attached hydrogen (secondary N) is 1. The van der Waals surface area contributed by atoms with E-state index in [0.717, 1.165) is 10.9 Å². The predicted octanol–water partition coefficient (Wildman–Crippen LogP) is 4.42. The summed E-state index contributed by atoms with van der Waals surface area (Å²) in [4.78, 5) is 21.9. The van der Waals surface area contributed by atoms with Gasteiger partial charge in [0.05, 0.1) is 23.1 Å². The van der Waals surface area contributed by atoms with Crippen molar-refractivity contribution in [2.75, 3.05) is 0 Å². The zero-order chi connectivity index (χ0) is 20.3. The molecule has 0 aliphatic rings. The molecule has 3 aromatic rings. The summed E-state index contributed by atoms with van der Waals surface area (Å²) in [7, 11) is 0. The number of thioether (sulfide) groups is 1. The second kappa shape index (κ2) is 8.03. The van der Waals surface area contributed by atoms with Gasteiger partial charge in [-0.05, 0) is 38.0 Å². The first-order valence-electron chi connectivity index (χ1n) is 9.04. The van der Waals surface area contributed by atoms with Crippen molar-refractivity contribution in [3.05, 3.63) is 42.7 Å². The molecule has 0 spiro atoms. The van der Waals surface area contributed by atoms with Crippen molar-refractivity contribution in [3.63, 3.8) is 0 Å². The molecule has 0 radical (unpaired) electrons. The number of carbonyl (C=O) groups excluding carboxylic acids is 1. The van der Waals surface area contributed by atoms with Crippen molar-refractivity contribution < 1.29 is 9.21 Å². The van der Waals surface area contributed by atoms with Crippen LogP contribution in [0.5, 0.6) is 0 Å². The van der Waals surface area contributed by atoms with Gasteiger partial charge in [0.25, 0.3) is 0 Å². The number of amides is 1. The summed E-state index contributed by atoms with van der Waals surface area (Å²) in [6.45, 7) is 7.37. The van der Waals surface area contributed by atoms with Crippen LogP contribution in [-0.4, -0.2) is 26.7 Å². The number of para-hydroxylation sites is 1. The largest absolute Gasteiger partial charge is 0.461 e. The topological polar surface area (TPSA) is 91.8 Å². The van der Waals surface area contributed by atoms with Crippen molar-refractivity contribution in [3.8, 4) is 17.7 Å². The molecular formula is C21H22N4O2S.